The number of nitrogens with one attached hydrogen (secondary N) is 1. The summed E-state index contributed by atoms with van der Waals surface area (Å²) in [6.07, 6.45) is 4.84. The number of carbonyl (C=O) groups is 2. The number of carbonyl (C=O) groups excluding carboxylic acids is 1. The van der Waals surface area contributed by atoms with Crippen LogP contribution in [-0.2, 0) is 4.79 Å². The van der Waals surface area contributed by atoms with Gasteiger partial charge in [-0.15, -0.1) is 0 Å². The first kappa shape index (κ1) is 15.4. The summed E-state index contributed by atoms with van der Waals surface area (Å²) in [7, 11) is 0. The van der Waals surface area contributed by atoms with Gasteiger partial charge >= 0.3 is 5.97 Å². The Hall–Kier alpha value is -2.04. The van der Waals surface area contributed by atoms with Crippen LogP contribution in [0.5, 0.6) is 5.75 Å². The Morgan fingerprint density at radius 1 is 1.24 bits per heavy atom. The molecule has 1 aromatic carbocycles. The lowest BCUT2D eigenvalue weighted by Gasteiger charge is -2.28. The lowest BCUT2D eigenvalue weighted by molar-refractivity contribution is -0.141. The number of rotatable bonds is 4. The van der Waals surface area contributed by atoms with Crippen molar-refractivity contribution in [3.63, 3.8) is 0 Å². The maximum absolute atomic E-state index is 12.2. The van der Waals surface area contributed by atoms with E-state index in [0.29, 0.717) is 11.1 Å². The zero-order valence-electron chi connectivity index (χ0n) is 12.1. The van der Waals surface area contributed by atoms with E-state index in [1.807, 2.05) is 0 Å². The third-order valence-electron chi connectivity index (χ3n) is 4.13. The van der Waals surface area contributed by atoms with Crippen LogP contribution in [0, 0.1) is 12.8 Å². The fourth-order valence-electron chi connectivity index (χ4n) is 2.87. The number of amides is 1. The second-order valence-corrected chi connectivity index (χ2v) is 5.69. The molecular formula is C16H21NO4. The van der Waals surface area contributed by atoms with Gasteiger partial charge in [0.25, 0.3) is 5.91 Å². The Balaban J connectivity index is 2.10. The smallest absolute Gasteiger partial charge is 0.326 e. The van der Waals surface area contributed by atoms with Crippen LogP contribution in [-0.4, -0.2) is 28.1 Å². The molecular weight excluding hydrogens is 270 g/mol. The zero-order chi connectivity index (χ0) is 15.4. The van der Waals surface area contributed by atoms with E-state index in [9.17, 15) is 19.8 Å². The van der Waals surface area contributed by atoms with E-state index >= 15 is 0 Å². The Kier molecular flexibility index (Phi) is 4.83. The minimum absolute atomic E-state index is 0.00147. The number of aromatic hydroxyl groups is 1. The summed E-state index contributed by atoms with van der Waals surface area (Å²) in [4.78, 5) is 23.6. The van der Waals surface area contributed by atoms with Gasteiger partial charge in [0.05, 0.1) is 0 Å². The molecule has 0 radical (unpaired) electrons. The highest BCUT2D eigenvalue weighted by Gasteiger charge is 2.30. The third kappa shape index (κ3) is 3.74. The second-order valence-electron chi connectivity index (χ2n) is 5.69. The highest BCUT2D eigenvalue weighted by Crippen LogP contribution is 2.27. The number of carboxylic acid groups (broad SMARTS) is 1. The van der Waals surface area contributed by atoms with Gasteiger partial charge in [-0.1, -0.05) is 19.3 Å². The molecule has 1 fully saturated rings. The summed E-state index contributed by atoms with van der Waals surface area (Å²) in [6, 6.07) is 3.66. The first-order valence-corrected chi connectivity index (χ1v) is 7.32. The van der Waals surface area contributed by atoms with Crippen LogP contribution in [0.2, 0.25) is 0 Å². The fourth-order valence-corrected chi connectivity index (χ4v) is 2.87. The van der Waals surface area contributed by atoms with Gasteiger partial charge in [0.2, 0.25) is 0 Å². The third-order valence-corrected chi connectivity index (χ3v) is 4.13. The number of aliphatic carboxylic acids is 1. The van der Waals surface area contributed by atoms with Crippen molar-refractivity contribution < 1.29 is 19.8 Å². The van der Waals surface area contributed by atoms with Crippen molar-refractivity contribution in [1.82, 2.24) is 5.32 Å². The molecule has 0 aromatic heterocycles. The maximum atomic E-state index is 12.2. The van der Waals surface area contributed by atoms with Gasteiger partial charge in [0, 0.05) is 5.56 Å². The van der Waals surface area contributed by atoms with Crippen LogP contribution in [0.3, 0.4) is 0 Å². The Bertz CT molecular complexity index is 535. The summed E-state index contributed by atoms with van der Waals surface area (Å²) in [5.74, 6) is -1.27. The minimum Gasteiger partial charge on any atom is -0.508 e. The van der Waals surface area contributed by atoms with Gasteiger partial charge in [-0.2, -0.15) is 0 Å². The highest BCUT2D eigenvalue weighted by atomic mass is 16.4. The molecule has 3 N–H and O–H groups in total. The number of phenolic OH excluding ortho intramolecular Hbond substituents is 1. The van der Waals surface area contributed by atoms with Crippen LogP contribution in [0.25, 0.3) is 0 Å². The van der Waals surface area contributed by atoms with Crippen LogP contribution in [0.4, 0.5) is 0 Å². The first-order chi connectivity index (χ1) is 9.99. The summed E-state index contributed by atoms with van der Waals surface area (Å²) in [6.45, 7) is 1.70. The molecule has 21 heavy (non-hydrogen) atoms. The van der Waals surface area contributed by atoms with Crippen molar-refractivity contribution in [2.24, 2.45) is 5.92 Å². The van der Waals surface area contributed by atoms with E-state index in [0.717, 1.165) is 32.1 Å². The predicted octanol–water partition coefficient (Wildman–Crippen LogP) is 2.46. The van der Waals surface area contributed by atoms with Gasteiger partial charge in [-0.05, 0) is 49.4 Å². The van der Waals surface area contributed by atoms with Crippen LogP contribution in [0.15, 0.2) is 18.2 Å². The number of hydrogen-bond acceptors (Lipinski definition) is 3. The van der Waals surface area contributed by atoms with E-state index in [2.05, 4.69) is 5.32 Å². The number of phenols is 1. The van der Waals surface area contributed by atoms with Crippen LogP contribution in [0.1, 0.15) is 48.0 Å². The van der Waals surface area contributed by atoms with Crippen LogP contribution >= 0.6 is 0 Å². The highest BCUT2D eigenvalue weighted by molar-refractivity contribution is 5.97. The Morgan fingerprint density at radius 3 is 2.48 bits per heavy atom. The summed E-state index contributed by atoms with van der Waals surface area (Å²) in [5, 5.41) is 21.5. The molecule has 114 valence electrons. The van der Waals surface area contributed by atoms with Crippen molar-refractivity contribution >= 4 is 11.9 Å². The topological polar surface area (TPSA) is 86.6 Å². The second kappa shape index (κ2) is 6.61. The summed E-state index contributed by atoms with van der Waals surface area (Å²) < 4.78 is 0. The van der Waals surface area contributed by atoms with Crippen molar-refractivity contribution in [2.45, 2.75) is 45.1 Å². The van der Waals surface area contributed by atoms with Gasteiger partial charge in [0.15, 0.2) is 0 Å². The summed E-state index contributed by atoms with van der Waals surface area (Å²) >= 11 is 0. The lowest BCUT2D eigenvalue weighted by atomic mass is 9.84. The molecule has 0 saturated heterocycles. The van der Waals surface area contributed by atoms with Gasteiger partial charge in [-0.3, -0.25) is 4.79 Å². The summed E-state index contributed by atoms with van der Waals surface area (Å²) in [5.41, 5.74) is 0.958. The average Bonchev–Trinajstić information content (AvgIpc) is 2.48. The van der Waals surface area contributed by atoms with Crippen molar-refractivity contribution in [2.75, 3.05) is 0 Å². The number of aryl methyl sites for hydroxylation is 1. The van der Waals surface area contributed by atoms with Crippen molar-refractivity contribution in [1.29, 1.82) is 0 Å². The predicted molar refractivity (Wildman–Crippen MR) is 78.3 cm³/mol. The molecule has 1 aliphatic rings. The molecule has 1 aromatic rings. The quantitative estimate of drug-likeness (QED) is 0.795. The Labute approximate surface area is 124 Å². The molecule has 0 heterocycles. The normalized spacial score (nSPS) is 17.2. The zero-order valence-corrected chi connectivity index (χ0v) is 12.1. The van der Waals surface area contributed by atoms with E-state index in [1.165, 1.54) is 12.1 Å². The van der Waals surface area contributed by atoms with Gasteiger partial charge in [0.1, 0.15) is 11.8 Å². The molecule has 1 unspecified atom stereocenters. The molecule has 1 atom stereocenters. The minimum atomic E-state index is -0.981. The average molecular weight is 291 g/mol. The molecule has 1 amide bonds. The monoisotopic (exact) mass is 291 g/mol. The molecule has 2 rings (SSSR count). The standard InChI is InChI=1S/C16H21NO4/c1-10-9-12(7-8-13(10)18)15(19)17-14(16(20)21)11-5-3-2-4-6-11/h7-9,11,14,18H,2-6H2,1H3,(H,17,19)(H,20,21). The molecule has 0 bridgehead atoms. The molecule has 1 saturated carbocycles. The maximum Gasteiger partial charge on any atom is 0.326 e. The molecule has 0 aliphatic heterocycles. The number of carboxylic acids is 1. The molecule has 0 spiro atoms. The van der Waals surface area contributed by atoms with Crippen molar-refractivity contribution in [3.05, 3.63) is 29.3 Å². The van der Waals surface area contributed by atoms with E-state index < -0.39 is 17.9 Å². The van der Waals surface area contributed by atoms with E-state index in [-0.39, 0.29) is 11.7 Å². The van der Waals surface area contributed by atoms with Gasteiger partial charge in [-0.25, -0.2) is 4.79 Å². The van der Waals surface area contributed by atoms with Crippen molar-refractivity contribution in [3.8, 4) is 5.75 Å². The van der Waals surface area contributed by atoms with E-state index in [1.54, 1.807) is 13.0 Å². The number of benzene rings is 1. The number of hydrogen-bond donors (Lipinski definition) is 3. The molecule has 5 heteroatoms. The fraction of sp³-hybridized carbons (Fsp3) is 0.500. The molecule has 1 aliphatic carbocycles. The molecule has 5 nitrogen and oxygen atoms in total. The SMILES string of the molecule is Cc1cc(C(=O)NC(C(=O)O)C2CCCCC2)ccc1O. The van der Waals surface area contributed by atoms with Gasteiger partial charge < -0.3 is 15.5 Å². The van der Waals surface area contributed by atoms with Crippen LogP contribution < -0.4 is 5.32 Å². The Morgan fingerprint density at radius 2 is 1.90 bits per heavy atom. The largest absolute Gasteiger partial charge is 0.508 e. The van der Waals surface area contributed by atoms with E-state index in [4.69, 9.17) is 0 Å². The first-order valence-electron chi connectivity index (χ1n) is 7.32. The lowest BCUT2D eigenvalue weighted by Crippen LogP contribution is -2.46.